The fourth-order valence-electron chi connectivity index (χ4n) is 2.25. The molecule has 0 spiro atoms. The van der Waals surface area contributed by atoms with Crippen LogP contribution in [0.1, 0.15) is 31.2 Å². The number of rotatable bonds is 3. The van der Waals surface area contributed by atoms with Crippen molar-refractivity contribution in [3.63, 3.8) is 0 Å². The topological polar surface area (TPSA) is 58.2 Å². The van der Waals surface area contributed by atoms with Crippen LogP contribution in [-0.2, 0) is 16.0 Å². The van der Waals surface area contributed by atoms with Crippen LogP contribution in [-0.4, -0.2) is 11.8 Å². The van der Waals surface area contributed by atoms with E-state index in [-0.39, 0.29) is 30.0 Å². The Balaban J connectivity index is 1.75. The summed E-state index contributed by atoms with van der Waals surface area (Å²) < 4.78 is 12.7. The second-order valence-corrected chi connectivity index (χ2v) is 4.82. The van der Waals surface area contributed by atoms with Gasteiger partial charge in [-0.3, -0.25) is 20.4 Å². The van der Waals surface area contributed by atoms with E-state index in [4.69, 9.17) is 0 Å². The Hall–Kier alpha value is -1.91. The first-order valence-corrected chi connectivity index (χ1v) is 6.48. The standard InChI is InChI=1S/C14H17FN2O2/c15-12-7-5-10(6-8-12)9-13(18)16-17-14(19)11-3-1-2-4-11/h5-8,11H,1-4,9H2,(H,16,18)(H,17,19). The van der Waals surface area contributed by atoms with Gasteiger partial charge in [0.25, 0.3) is 0 Å². The molecule has 2 rings (SSSR count). The molecular formula is C14H17FN2O2. The van der Waals surface area contributed by atoms with Crippen LogP contribution in [0.2, 0.25) is 0 Å². The highest BCUT2D eigenvalue weighted by atomic mass is 19.1. The molecule has 0 saturated heterocycles. The molecule has 1 aliphatic carbocycles. The van der Waals surface area contributed by atoms with Crippen LogP contribution in [0.15, 0.2) is 24.3 Å². The van der Waals surface area contributed by atoms with E-state index in [1.54, 1.807) is 12.1 Å². The predicted octanol–water partition coefficient (Wildman–Crippen LogP) is 1.71. The summed E-state index contributed by atoms with van der Waals surface area (Å²) in [7, 11) is 0. The third-order valence-electron chi connectivity index (χ3n) is 3.33. The molecule has 102 valence electrons. The average molecular weight is 264 g/mol. The third kappa shape index (κ3) is 4.05. The van der Waals surface area contributed by atoms with Gasteiger partial charge in [-0.2, -0.15) is 0 Å². The summed E-state index contributed by atoms with van der Waals surface area (Å²) >= 11 is 0. The fraction of sp³-hybridized carbons (Fsp3) is 0.429. The molecule has 5 heteroatoms. The van der Waals surface area contributed by atoms with E-state index in [2.05, 4.69) is 10.9 Å². The van der Waals surface area contributed by atoms with Crippen molar-refractivity contribution in [2.24, 2.45) is 5.92 Å². The monoisotopic (exact) mass is 264 g/mol. The average Bonchev–Trinajstić information content (AvgIpc) is 2.93. The second-order valence-electron chi connectivity index (χ2n) is 4.82. The highest BCUT2D eigenvalue weighted by molar-refractivity contribution is 5.84. The number of halogens is 1. The summed E-state index contributed by atoms with van der Waals surface area (Å²) in [6, 6.07) is 5.71. The van der Waals surface area contributed by atoms with Gasteiger partial charge in [0.1, 0.15) is 5.82 Å². The first-order valence-electron chi connectivity index (χ1n) is 6.48. The van der Waals surface area contributed by atoms with E-state index in [0.717, 1.165) is 25.7 Å². The molecule has 0 bridgehead atoms. The lowest BCUT2D eigenvalue weighted by Gasteiger charge is -2.11. The quantitative estimate of drug-likeness (QED) is 0.816. The van der Waals surface area contributed by atoms with Crippen molar-refractivity contribution in [2.75, 3.05) is 0 Å². The van der Waals surface area contributed by atoms with Crippen LogP contribution >= 0.6 is 0 Å². The Morgan fingerprint density at radius 2 is 1.74 bits per heavy atom. The third-order valence-corrected chi connectivity index (χ3v) is 3.33. The lowest BCUT2D eigenvalue weighted by Crippen LogP contribution is -2.44. The van der Waals surface area contributed by atoms with Crippen molar-refractivity contribution in [3.8, 4) is 0 Å². The molecule has 0 aliphatic heterocycles. The number of amides is 2. The highest BCUT2D eigenvalue weighted by Crippen LogP contribution is 2.24. The Morgan fingerprint density at radius 1 is 1.11 bits per heavy atom. The number of hydrogen-bond acceptors (Lipinski definition) is 2. The Morgan fingerprint density at radius 3 is 2.37 bits per heavy atom. The van der Waals surface area contributed by atoms with Gasteiger partial charge in [-0.15, -0.1) is 0 Å². The largest absolute Gasteiger partial charge is 0.273 e. The van der Waals surface area contributed by atoms with E-state index in [0.29, 0.717) is 5.56 Å². The lowest BCUT2D eigenvalue weighted by molar-refractivity contribution is -0.130. The molecule has 0 radical (unpaired) electrons. The number of hydrogen-bond donors (Lipinski definition) is 2. The first-order chi connectivity index (χ1) is 9.15. The Labute approximate surface area is 111 Å². The number of nitrogens with one attached hydrogen (secondary N) is 2. The van der Waals surface area contributed by atoms with Crippen LogP contribution in [0, 0.1) is 11.7 Å². The van der Waals surface area contributed by atoms with Crippen LogP contribution in [0.25, 0.3) is 0 Å². The molecule has 1 saturated carbocycles. The van der Waals surface area contributed by atoms with Gasteiger partial charge in [0, 0.05) is 5.92 Å². The first kappa shape index (κ1) is 13.5. The molecular weight excluding hydrogens is 247 g/mol. The van der Waals surface area contributed by atoms with Gasteiger partial charge in [-0.05, 0) is 30.5 Å². The molecule has 4 nitrogen and oxygen atoms in total. The normalized spacial score (nSPS) is 15.2. The zero-order valence-electron chi connectivity index (χ0n) is 10.6. The summed E-state index contributed by atoms with van der Waals surface area (Å²) in [6.45, 7) is 0. The maximum Gasteiger partial charge on any atom is 0.242 e. The highest BCUT2D eigenvalue weighted by Gasteiger charge is 2.22. The van der Waals surface area contributed by atoms with E-state index < -0.39 is 0 Å². The number of hydrazine groups is 1. The number of benzene rings is 1. The molecule has 1 aromatic carbocycles. The van der Waals surface area contributed by atoms with Gasteiger partial charge < -0.3 is 0 Å². The van der Waals surface area contributed by atoms with Gasteiger partial charge in [0.2, 0.25) is 11.8 Å². The van der Waals surface area contributed by atoms with E-state index in [1.165, 1.54) is 12.1 Å². The van der Waals surface area contributed by atoms with Crippen molar-refractivity contribution in [1.29, 1.82) is 0 Å². The maximum absolute atomic E-state index is 12.7. The minimum atomic E-state index is -0.335. The molecule has 1 aliphatic rings. The summed E-state index contributed by atoms with van der Waals surface area (Å²) in [6.07, 6.45) is 4.04. The van der Waals surface area contributed by atoms with Crippen LogP contribution in [0.4, 0.5) is 4.39 Å². The molecule has 2 amide bonds. The number of carbonyl (C=O) groups excluding carboxylic acids is 2. The smallest absolute Gasteiger partial charge is 0.242 e. The van der Waals surface area contributed by atoms with Crippen LogP contribution < -0.4 is 10.9 Å². The minimum absolute atomic E-state index is 0.0196. The van der Waals surface area contributed by atoms with Crippen molar-refractivity contribution in [3.05, 3.63) is 35.6 Å². The molecule has 1 aromatic rings. The maximum atomic E-state index is 12.7. The predicted molar refractivity (Wildman–Crippen MR) is 68.3 cm³/mol. The second kappa shape index (κ2) is 6.31. The lowest BCUT2D eigenvalue weighted by atomic mass is 10.1. The van der Waals surface area contributed by atoms with Crippen molar-refractivity contribution in [1.82, 2.24) is 10.9 Å². The zero-order valence-corrected chi connectivity index (χ0v) is 10.6. The van der Waals surface area contributed by atoms with E-state index in [1.807, 2.05) is 0 Å². The van der Waals surface area contributed by atoms with Crippen LogP contribution in [0.3, 0.4) is 0 Å². The van der Waals surface area contributed by atoms with Gasteiger partial charge in [0.15, 0.2) is 0 Å². The fourth-order valence-corrected chi connectivity index (χ4v) is 2.25. The molecule has 0 heterocycles. The molecule has 1 fully saturated rings. The van der Waals surface area contributed by atoms with Gasteiger partial charge >= 0.3 is 0 Å². The van der Waals surface area contributed by atoms with E-state index in [9.17, 15) is 14.0 Å². The SMILES string of the molecule is O=C(Cc1ccc(F)cc1)NNC(=O)C1CCCC1. The summed E-state index contributed by atoms with van der Waals surface area (Å²) in [5.41, 5.74) is 5.54. The van der Waals surface area contributed by atoms with Crippen molar-refractivity contribution < 1.29 is 14.0 Å². The molecule has 0 unspecified atom stereocenters. The van der Waals surface area contributed by atoms with Gasteiger partial charge in [-0.25, -0.2) is 4.39 Å². The van der Waals surface area contributed by atoms with Crippen molar-refractivity contribution >= 4 is 11.8 Å². The Bertz CT molecular complexity index is 453. The molecule has 0 aromatic heterocycles. The molecule has 0 atom stereocenters. The minimum Gasteiger partial charge on any atom is -0.273 e. The summed E-state index contributed by atoms with van der Waals surface area (Å²) in [5, 5.41) is 0. The van der Waals surface area contributed by atoms with Crippen LogP contribution in [0.5, 0.6) is 0 Å². The molecule has 2 N–H and O–H groups in total. The zero-order chi connectivity index (χ0) is 13.7. The van der Waals surface area contributed by atoms with Gasteiger partial charge in [-0.1, -0.05) is 25.0 Å². The summed E-state index contributed by atoms with van der Waals surface area (Å²) in [5.74, 6) is -0.743. The van der Waals surface area contributed by atoms with Crippen molar-refractivity contribution in [2.45, 2.75) is 32.1 Å². The van der Waals surface area contributed by atoms with Gasteiger partial charge in [0.05, 0.1) is 6.42 Å². The van der Waals surface area contributed by atoms with E-state index >= 15 is 0 Å². The molecule has 19 heavy (non-hydrogen) atoms. The number of carbonyl (C=O) groups is 2. The summed E-state index contributed by atoms with van der Waals surface area (Å²) in [4.78, 5) is 23.3. The Kier molecular flexibility index (Phi) is 4.49.